The van der Waals surface area contributed by atoms with Crippen LogP contribution in [0, 0.1) is 6.92 Å². The summed E-state index contributed by atoms with van der Waals surface area (Å²) in [5, 5.41) is 11.2. The van der Waals surface area contributed by atoms with Crippen molar-refractivity contribution in [1.82, 2.24) is 9.36 Å². The Balaban J connectivity index is 1.78. The molecule has 1 atom stereocenters. The fraction of sp³-hybridized carbons (Fsp3) is 0.107. The molecule has 0 aliphatic carbocycles. The van der Waals surface area contributed by atoms with Gasteiger partial charge >= 0.3 is 0 Å². The molecule has 1 N–H and O–H groups in total. The van der Waals surface area contributed by atoms with E-state index in [1.54, 1.807) is 85.4 Å². The molecule has 36 heavy (non-hydrogen) atoms. The maximum absolute atomic E-state index is 13.8. The molecule has 180 valence electrons. The molecule has 0 spiro atoms. The topological polar surface area (TPSA) is 84.5 Å². The third-order valence-corrected chi connectivity index (χ3v) is 6.97. The number of aliphatic hydroxyl groups excluding tert-OH is 1. The summed E-state index contributed by atoms with van der Waals surface area (Å²) >= 11 is 3.41. The molecule has 3 aromatic carbocycles. The molecular weight excluding hydrogens is 522 g/mol. The minimum absolute atomic E-state index is 0.0672. The summed E-state index contributed by atoms with van der Waals surface area (Å²) in [7, 11) is 1.72. The molecule has 1 saturated heterocycles. The summed E-state index contributed by atoms with van der Waals surface area (Å²) in [4.78, 5) is 41.9. The van der Waals surface area contributed by atoms with E-state index in [2.05, 4.69) is 15.9 Å². The highest BCUT2D eigenvalue weighted by Crippen LogP contribution is 2.42. The summed E-state index contributed by atoms with van der Waals surface area (Å²) in [6.45, 7) is 1.73. The van der Waals surface area contributed by atoms with Gasteiger partial charge in [-0.05, 0) is 36.8 Å². The van der Waals surface area contributed by atoms with Crippen LogP contribution in [0.3, 0.4) is 0 Å². The van der Waals surface area contributed by atoms with E-state index in [1.165, 1.54) is 9.58 Å². The Morgan fingerprint density at radius 1 is 0.861 bits per heavy atom. The van der Waals surface area contributed by atoms with Gasteiger partial charge in [-0.2, -0.15) is 0 Å². The van der Waals surface area contributed by atoms with Crippen LogP contribution in [0.15, 0.2) is 99.8 Å². The summed E-state index contributed by atoms with van der Waals surface area (Å²) in [6, 6.07) is 23.8. The number of hydrogen-bond donors (Lipinski definition) is 1. The summed E-state index contributed by atoms with van der Waals surface area (Å²) < 4.78 is 3.93. The van der Waals surface area contributed by atoms with Crippen molar-refractivity contribution in [3.63, 3.8) is 0 Å². The number of Topliss-reactive ketones (excluding diaryl/α,β-unsaturated/α-hetero) is 1. The third kappa shape index (κ3) is 3.70. The van der Waals surface area contributed by atoms with E-state index >= 15 is 0 Å². The zero-order chi connectivity index (χ0) is 25.6. The zero-order valence-corrected chi connectivity index (χ0v) is 21.1. The second-order valence-corrected chi connectivity index (χ2v) is 9.41. The molecule has 1 aromatic heterocycles. The predicted octanol–water partition coefficient (Wildman–Crippen LogP) is 4.87. The Morgan fingerprint density at radius 3 is 2.06 bits per heavy atom. The number of carbonyl (C=O) groups is 2. The highest BCUT2D eigenvalue weighted by molar-refractivity contribution is 9.10. The van der Waals surface area contributed by atoms with Crippen LogP contribution in [-0.2, 0) is 16.6 Å². The lowest BCUT2D eigenvalue weighted by atomic mass is 9.95. The van der Waals surface area contributed by atoms with Crippen LogP contribution in [0.25, 0.3) is 11.4 Å². The zero-order valence-electron chi connectivity index (χ0n) is 19.6. The first kappa shape index (κ1) is 23.6. The normalized spacial score (nSPS) is 17.1. The maximum atomic E-state index is 13.8. The molecule has 1 amide bonds. The van der Waals surface area contributed by atoms with E-state index in [-0.39, 0.29) is 17.0 Å². The number of ketones is 1. The lowest BCUT2D eigenvalue weighted by molar-refractivity contribution is -0.132. The number of nitrogens with zero attached hydrogens (tertiary/aromatic N) is 3. The fourth-order valence-electron chi connectivity index (χ4n) is 4.61. The maximum Gasteiger partial charge on any atom is 0.300 e. The average Bonchev–Trinajstić information content (AvgIpc) is 3.28. The van der Waals surface area contributed by atoms with Gasteiger partial charge in [0.05, 0.1) is 23.0 Å². The molecule has 0 radical (unpaired) electrons. The van der Waals surface area contributed by atoms with Crippen LogP contribution >= 0.6 is 15.9 Å². The molecule has 5 rings (SSSR count). The van der Waals surface area contributed by atoms with Crippen LogP contribution in [0.2, 0.25) is 0 Å². The van der Waals surface area contributed by atoms with E-state index in [0.29, 0.717) is 22.5 Å². The van der Waals surface area contributed by atoms with E-state index in [4.69, 9.17) is 0 Å². The standard InChI is InChI=1S/C28H22BrN3O4/c1-17-23(27(35)32(30(17)2)21-11-7-4-8-12-21)31-24(18-13-15-20(29)16-14-18)22(26(34)28(31)36)25(33)19-9-5-3-6-10-19/h3-16,24,33H,1-2H3/t24-/m1/s1. The lowest BCUT2D eigenvalue weighted by Crippen LogP contribution is -2.34. The SMILES string of the molecule is Cc1c(N2C(=O)C(=O)C(=C(O)c3ccccc3)[C@H]2c2ccc(Br)cc2)c(=O)n(-c2ccccc2)n1C. The Hall–Kier alpha value is -4.17. The van der Waals surface area contributed by atoms with Crippen molar-refractivity contribution in [3.8, 4) is 5.69 Å². The molecule has 1 fully saturated rings. The number of anilines is 1. The van der Waals surface area contributed by atoms with Gasteiger partial charge in [-0.3, -0.25) is 24.0 Å². The van der Waals surface area contributed by atoms with Crippen molar-refractivity contribution >= 4 is 39.1 Å². The van der Waals surface area contributed by atoms with Gasteiger partial charge in [0.15, 0.2) is 0 Å². The number of carbonyl (C=O) groups excluding carboxylic acids is 2. The molecule has 0 unspecified atom stereocenters. The second kappa shape index (κ2) is 9.13. The first-order valence-electron chi connectivity index (χ1n) is 11.3. The van der Waals surface area contributed by atoms with E-state index < -0.39 is 23.3 Å². The number of aliphatic hydroxyl groups is 1. The smallest absolute Gasteiger partial charge is 0.300 e. The molecule has 1 aliphatic heterocycles. The van der Waals surface area contributed by atoms with Crippen molar-refractivity contribution in [2.45, 2.75) is 13.0 Å². The van der Waals surface area contributed by atoms with Crippen molar-refractivity contribution in [3.05, 3.63) is 122 Å². The van der Waals surface area contributed by atoms with Gasteiger partial charge in [-0.15, -0.1) is 0 Å². The monoisotopic (exact) mass is 543 g/mol. The summed E-state index contributed by atoms with van der Waals surface area (Å²) in [5.74, 6) is -2.01. The Morgan fingerprint density at radius 2 is 1.44 bits per heavy atom. The Bertz CT molecular complexity index is 1570. The van der Waals surface area contributed by atoms with Crippen LogP contribution in [-0.4, -0.2) is 26.2 Å². The molecule has 1 aliphatic rings. The average molecular weight is 544 g/mol. The number of para-hydroxylation sites is 1. The summed E-state index contributed by atoms with van der Waals surface area (Å²) in [6.07, 6.45) is 0. The lowest BCUT2D eigenvalue weighted by Gasteiger charge is -2.24. The van der Waals surface area contributed by atoms with Crippen molar-refractivity contribution in [1.29, 1.82) is 0 Å². The number of hydrogen-bond acceptors (Lipinski definition) is 4. The number of aromatic nitrogens is 2. The van der Waals surface area contributed by atoms with Crippen LogP contribution in [0.1, 0.15) is 22.9 Å². The van der Waals surface area contributed by atoms with Gasteiger partial charge < -0.3 is 5.11 Å². The number of amides is 1. The van der Waals surface area contributed by atoms with Crippen molar-refractivity contribution in [2.24, 2.45) is 7.05 Å². The highest BCUT2D eigenvalue weighted by atomic mass is 79.9. The second-order valence-electron chi connectivity index (χ2n) is 8.50. The first-order valence-corrected chi connectivity index (χ1v) is 12.1. The molecule has 4 aromatic rings. The van der Waals surface area contributed by atoms with Crippen molar-refractivity contribution < 1.29 is 14.7 Å². The molecule has 7 nitrogen and oxygen atoms in total. The van der Waals surface area contributed by atoms with Gasteiger partial charge in [0.25, 0.3) is 17.2 Å². The van der Waals surface area contributed by atoms with Gasteiger partial charge in [0.2, 0.25) is 0 Å². The molecule has 0 bridgehead atoms. The minimum atomic E-state index is -0.990. The molecule has 0 saturated carbocycles. The van der Waals surface area contributed by atoms with E-state index in [0.717, 1.165) is 4.47 Å². The van der Waals surface area contributed by atoms with Gasteiger partial charge in [0.1, 0.15) is 11.4 Å². The molecular formula is C28H22BrN3O4. The van der Waals surface area contributed by atoms with E-state index in [9.17, 15) is 19.5 Å². The van der Waals surface area contributed by atoms with Gasteiger partial charge in [0, 0.05) is 17.1 Å². The van der Waals surface area contributed by atoms with E-state index in [1.807, 2.05) is 18.2 Å². The summed E-state index contributed by atoms with van der Waals surface area (Å²) in [5.41, 5.74) is 1.71. The van der Waals surface area contributed by atoms with Crippen LogP contribution in [0.5, 0.6) is 0 Å². The first-order chi connectivity index (χ1) is 17.3. The van der Waals surface area contributed by atoms with Crippen LogP contribution < -0.4 is 10.5 Å². The van der Waals surface area contributed by atoms with Gasteiger partial charge in [-0.25, -0.2) is 4.68 Å². The quantitative estimate of drug-likeness (QED) is 0.226. The van der Waals surface area contributed by atoms with Gasteiger partial charge in [-0.1, -0.05) is 76.6 Å². The molecule has 8 heteroatoms. The largest absolute Gasteiger partial charge is 0.507 e. The molecule has 2 heterocycles. The predicted molar refractivity (Wildman–Crippen MR) is 141 cm³/mol. The number of benzene rings is 3. The Labute approximate surface area is 215 Å². The Kier molecular flexibility index (Phi) is 5.97. The number of rotatable bonds is 4. The highest BCUT2D eigenvalue weighted by Gasteiger charge is 2.49. The van der Waals surface area contributed by atoms with Crippen molar-refractivity contribution in [2.75, 3.05) is 4.90 Å². The number of halogens is 1. The fourth-order valence-corrected chi connectivity index (χ4v) is 4.87. The van der Waals surface area contributed by atoms with Crippen LogP contribution in [0.4, 0.5) is 5.69 Å². The minimum Gasteiger partial charge on any atom is -0.507 e. The third-order valence-electron chi connectivity index (χ3n) is 6.44.